The molecule has 3 rings (SSSR count). The van der Waals surface area contributed by atoms with Crippen LogP contribution >= 0.6 is 0 Å². The second-order valence-electron chi connectivity index (χ2n) is 6.15. The van der Waals surface area contributed by atoms with E-state index in [9.17, 15) is 18.0 Å². The van der Waals surface area contributed by atoms with Crippen LogP contribution in [0.4, 0.5) is 13.2 Å². The van der Waals surface area contributed by atoms with Gasteiger partial charge in [-0.1, -0.05) is 30.3 Å². The summed E-state index contributed by atoms with van der Waals surface area (Å²) in [6.45, 7) is -1.33. The number of nitrogens with zero attached hydrogens (tertiary/aromatic N) is 1. The molecule has 0 unspecified atom stereocenters. The molecule has 1 aromatic heterocycles. The molecule has 0 saturated carbocycles. The third-order valence-corrected chi connectivity index (χ3v) is 3.93. The van der Waals surface area contributed by atoms with Crippen LogP contribution in [0.15, 0.2) is 77.4 Å². The number of benzene rings is 2. The quantitative estimate of drug-likeness (QED) is 0.567. The Balaban J connectivity index is 1.68. The summed E-state index contributed by atoms with van der Waals surface area (Å²) in [4.78, 5) is 13.3. The van der Waals surface area contributed by atoms with Gasteiger partial charge in [0.2, 0.25) is 0 Å². The lowest BCUT2D eigenvalue weighted by Gasteiger charge is -2.23. The molecule has 0 saturated heterocycles. The Bertz CT molecular complexity index is 876. The number of hydrogen-bond acceptors (Lipinski definition) is 3. The van der Waals surface area contributed by atoms with Crippen molar-refractivity contribution in [2.75, 3.05) is 6.54 Å². The van der Waals surface area contributed by atoms with Gasteiger partial charge in [-0.15, -0.1) is 0 Å². The molecule has 1 amide bonds. The third-order valence-electron chi connectivity index (χ3n) is 3.93. The molecule has 0 radical (unpaired) electrons. The molecule has 0 N–H and O–H groups in total. The molecule has 0 aliphatic carbocycles. The predicted octanol–water partition coefficient (Wildman–Crippen LogP) is 5.06. The molecule has 0 aliphatic rings. The van der Waals surface area contributed by atoms with E-state index in [1.165, 1.54) is 24.5 Å². The second-order valence-corrected chi connectivity index (χ2v) is 6.15. The van der Waals surface area contributed by atoms with Crippen molar-refractivity contribution in [2.45, 2.75) is 19.3 Å². The van der Waals surface area contributed by atoms with E-state index in [1.807, 2.05) is 30.3 Å². The van der Waals surface area contributed by atoms with Gasteiger partial charge in [0.05, 0.1) is 12.8 Å². The summed E-state index contributed by atoms with van der Waals surface area (Å²) in [7, 11) is 0. The zero-order valence-electron chi connectivity index (χ0n) is 14.9. The second kappa shape index (κ2) is 8.65. The number of halogens is 3. The molecule has 0 bridgehead atoms. The molecule has 1 heterocycles. The lowest BCUT2D eigenvalue weighted by Crippen LogP contribution is -2.38. The topological polar surface area (TPSA) is 42.7 Å². The zero-order valence-corrected chi connectivity index (χ0v) is 14.9. The van der Waals surface area contributed by atoms with Crippen molar-refractivity contribution in [1.29, 1.82) is 0 Å². The van der Waals surface area contributed by atoms with Crippen LogP contribution in [0.5, 0.6) is 5.75 Å². The van der Waals surface area contributed by atoms with Crippen molar-refractivity contribution in [1.82, 2.24) is 4.90 Å². The lowest BCUT2D eigenvalue weighted by molar-refractivity contribution is -0.142. The molecule has 7 heteroatoms. The van der Waals surface area contributed by atoms with E-state index in [1.54, 1.807) is 18.2 Å². The summed E-state index contributed by atoms with van der Waals surface area (Å²) < 4.78 is 49.4. The van der Waals surface area contributed by atoms with E-state index in [0.29, 0.717) is 10.6 Å². The van der Waals surface area contributed by atoms with Gasteiger partial charge < -0.3 is 14.1 Å². The molecule has 28 heavy (non-hydrogen) atoms. The van der Waals surface area contributed by atoms with Gasteiger partial charge in [0.25, 0.3) is 5.91 Å². The van der Waals surface area contributed by atoms with E-state index in [0.717, 1.165) is 5.56 Å². The van der Waals surface area contributed by atoms with Crippen LogP contribution in [-0.4, -0.2) is 23.5 Å². The van der Waals surface area contributed by atoms with Crippen LogP contribution in [-0.2, 0) is 13.2 Å². The van der Waals surface area contributed by atoms with E-state index in [4.69, 9.17) is 9.15 Å². The van der Waals surface area contributed by atoms with Gasteiger partial charge in [0.1, 0.15) is 24.7 Å². The Morgan fingerprint density at radius 3 is 2.29 bits per heavy atom. The first-order valence-corrected chi connectivity index (χ1v) is 8.56. The highest BCUT2D eigenvalue weighted by atomic mass is 19.4. The van der Waals surface area contributed by atoms with Crippen LogP contribution in [0, 0.1) is 0 Å². The van der Waals surface area contributed by atoms with Gasteiger partial charge in [-0.2, -0.15) is 13.2 Å². The lowest BCUT2D eigenvalue weighted by atomic mass is 10.1. The van der Waals surface area contributed by atoms with E-state index in [-0.39, 0.29) is 24.5 Å². The number of rotatable bonds is 7. The van der Waals surface area contributed by atoms with Crippen molar-refractivity contribution in [3.8, 4) is 5.75 Å². The maximum atomic E-state index is 12.9. The number of furan rings is 1. The summed E-state index contributed by atoms with van der Waals surface area (Å²) in [5, 5.41) is 0. The number of para-hydroxylation sites is 1. The van der Waals surface area contributed by atoms with Gasteiger partial charge in [0, 0.05) is 5.56 Å². The molecule has 0 spiro atoms. The molecular formula is C21H18F3NO3. The average Bonchev–Trinajstić information content (AvgIpc) is 3.19. The first-order chi connectivity index (χ1) is 13.4. The minimum absolute atomic E-state index is 0.166. The number of carbonyl (C=O) groups is 1. The number of carbonyl (C=O) groups excluding carboxylic acids is 1. The summed E-state index contributed by atoms with van der Waals surface area (Å²) in [6.07, 6.45) is -3.15. The minimum atomic E-state index is -4.51. The smallest absolute Gasteiger partial charge is 0.406 e. The number of amides is 1. The fraction of sp³-hybridized carbons (Fsp3) is 0.190. The summed E-state index contributed by atoms with van der Waals surface area (Å²) in [6, 6.07) is 18.6. The molecule has 0 aliphatic heterocycles. The van der Waals surface area contributed by atoms with Crippen LogP contribution in [0.25, 0.3) is 0 Å². The Labute approximate surface area is 160 Å². The van der Waals surface area contributed by atoms with Crippen molar-refractivity contribution >= 4 is 5.91 Å². The molecule has 0 atom stereocenters. The Hall–Kier alpha value is -3.22. The van der Waals surface area contributed by atoms with Gasteiger partial charge in [0.15, 0.2) is 0 Å². The first kappa shape index (κ1) is 19.5. The fourth-order valence-electron chi connectivity index (χ4n) is 2.62. The average molecular weight is 389 g/mol. The summed E-state index contributed by atoms with van der Waals surface area (Å²) in [5.74, 6) is 0.271. The highest BCUT2D eigenvalue weighted by Gasteiger charge is 2.33. The normalized spacial score (nSPS) is 11.2. The monoisotopic (exact) mass is 389 g/mol. The van der Waals surface area contributed by atoms with Crippen LogP contribution in [0.2, 0.25) is 0 Å². The maximum absolute atomic E-state index is 12.9. The van der Waals surface area contributed by atoms with Gasteiger partial charge in [-0.25, -0.2) is 0 Å². The largest absolute Gasteiger partial charge is 0.489 e. The van der Waals surface area contributed by atoms with Crippen LogP contribution in [0.1, 0.15) is 21.7 Å². The molecule has 4 nitrogen and oxygen atoms in total. The summed E-state index contributed by atoms with van der Waals surface area (Å²) in [5.41, 5.74) is 0.966. The van der Waals surface area contributed by atoms with E-state index in [2.05, 4.69) is 0 Å². The Kier molecular flexibility index (Phi) is 6.03. The van der Waals surface area contributed by atoms with Crippen LogP contribution < -0.4 is 4.74 Å². The SMILES string of the molecule is O=C(c1ccc(COc2ccccc2)cc1)N(Cc1ccco1)CC(F)(F)F. The van der Waals surface area contributed by atoms with E-state index < -0.39 is 18.6 Å². The Morgan fingerprint density at radius 1 is 0.964 bits per heavy atom. The van der Waals surface area contributed by atoms with E-state index >= 15 is 0 Å². The maximum Gasteiger partial charge on any atom is 0.406 e. The van der Waals surface area contributed by atoms with Crippen molar-refractivity contribution in [2.24, 2.45) is 0 Å². The number of hydrogen-bond donors (Lipinski definition) is 0. The van der Waals surface area contributed by atoms with Crippen molar-refractivity contribution in [3.63, 3.8) is 0 Å². The van der Waals surface area contributed by atoms with Crippen molar-refractivity contribution < 1.29 is 27.1 Å². The fourth-order valence-corrected chi connectivity index (χ4v) is 2.62. The van der Waals surface area contributed by atoms with Gasteiger partial charge >= 0.3 is 6.18 Å². The molecule has 0 fully saturated rings. The van der Waals surface area contributed by atoms with Gasteiger partial charge in [-0.05, 0) is 42.0 Å². The first-order valence-electron chi connectivity index (χ1n) is 8.56. The number of ether oxygens (including phenoxy) is 1. The Morgan fingerprint density at radius 2 is 1.68 bits per heavy atom. The van der Waals surface area contributed by atoms with Crippen LogP contribution in [0.3, 0.4) is 0 Å². The molecular weight excluding hydrogens is 371 g/mol. The minimum Gasteiger partial charge on any atom is -0.489 e. The number of alkyl halides is 3. The molecule has 2 aromatic carbocycles. The van der Waals surface area contributed by atoms with Gasteiger partial charge in [-0.3, -0.25) is 4.79 Å². The highest BCUT2D eigenvalue weighted by molar-refractivity contribution is 5.94. The predicted molar refractivity (Wildman–Crippen MR) is 96.7 cm³/mol. The zero-order chi connectivity index (χ0) is 20.0. The summed E-state index contributed by atoms with van der Waals surface area (Å²) >= 11 is 0. The molecule has 146 valence electrons. The van der Waals surface area contributed by atoms with Crippen molar-refractivity contribution in [3.05, 3.63) is 89.9 Å². The highest BCUT2D eigenvalue weighted by Crippen LogP contribution is 2.21. The molecule has 3 aromatic rings. The third kappa shape index (κ3) is 5.64. The standard InChI is InChI=1S/C21H18F3NO3/c22-21(23,24)15-25(13-19-7-4-12-27-19)20(26)17-10-8-16(9-11-17)14-28-18-5-2-1-3-6-18/h1-12H,13-15H2.